The Morgan fingerprint density at radius 3 is 1.32 bits per heavy atom. The zero-order chi connectivity index (χ0) is 28.4. The van der Waals surface area contributed by atoms with Crippen LogP contribution in [0.25, 0.3) is 0 Å². The molecule has 2 heteroatoms. The van der Waals surface area contributed by atoms with E-state index in [-0.39, 0.29) is 0 Å². The van der Waals surface area contributed by atoms with E-state index in [0.29, 0.717) is 6.17 Å². The lowest BCUT2D eigenvalue weighted by atomic mass is 10.0. The summed E-state index contributed by atoms with van der Waals surface area (Å²) < 4.78 is 0. The third-order valence-corrected chi connectivity index (χ3v) is 9.01. The highest BCUT2D eigenvalue weighted by Gasteiger charge is 2.25. The number of hydrogen-bond donors (Lipinski definition) is 0. The quantitative estimate of drug-likeness (QED) is 0.0954. The number of hydrogen-bond acceptors (Lipinski definition) is 2. The molecule has 230 valence electrons. The molecule has 0 fully saturated rings. The first-order valence-corrected chi connectivity index (χ1v) is 18.1. The van der Waals surface area contributed by atoms with Crippen molar-refractivity contribution in [3.63, 3.8) is 0 Å². The summed E-state index contributed by atoms with van der Waals surface area (Å²) in [6.45, 7) is 6.87. The van der Waals surface area contributed by atoms with Gasteiger partial charge in [-0.1, -0.05) is 185 Å². The van der Waals surface area contributed by atoms with Gasteiger partial charge in [0.1, 0.15) is 6.17 Å². The Morgan fingerprint density at radius 1 is 0.450 bits per heavy atom. The maximum Gasteiger partial charge on any atom is 0.101 e. The number of rotatable bonds is 28. The van der Waals surface area contributed by atoms with Gasteiger partial charge in [0.15, 0.2) is 0 Å². The minimum Gasteiger partial charge on any atom is -0.356 e. The number of benzene rings is 1. The summed E-state index contributed by atoms with van der Waals surface area (Å²) in [6.07, 6.45) is 40.9. The van der Waals surface area contributed by atoms with Crippen LogP contribution in [-0.4, -0.2) is 22.5 Å². The Hall–Kier alpha value is -1.44. The van der Waals surface area contributed by atoms with E-state index in [0.717, 1.165) is 6.54 Å². The molecule has 1 atom stereocenters. The first-order chi connectivity index (χ1) is 19.8. The third-order valence-electron chi connectivity index (χ3n) is 9.01. The predicted molar refractivity (Wildman–Crippen MR) is 178 cm³/mol. The second-order valence-corrected chi connectivity index (χ2v) is 12.7. The number of nitrogens with zero attached hydrogens (tertiary/aromatic N) is 2. The minimum atomic E-state index is 0.552. The van der Waals surface area contributed by atoms with Crippen LogP contribution in [0.15, 0.2) is 42.7 Å². The van der Waals surface area contributed by atoms with E-state index in [4.69, 9.17) is 0 Å². The Morgan fingerprint density at radius 2 is 0.850 bits per heavy atom. The van der Waals surface area contributed by atoms with Crippen LogP contribution in [0, 0.1) is 0 Å². The third kappa shape index (κ3) is 17.4. The molecular weight excluding hydrogens is 484 g/mol. The molecule has 0 amide bonds. The van der Waals surface area contributed by atoms with Gasteiger partial charge in [-0.15, -0.1) is 0 Å². The van der Waals surface area contributed by atoms with E-state index >= 15 is 0 Å². The highest BCUT2D eigenvalue weighted by atomic mass is 15.4. The van der Waals surface area contributed by atoms with E-state index in [1.807, 2.05) is 0 Å². The maximum atomic E-state index is 2.66. The van der Waals surface area contributed by atoms with Gasteiger partial charge in [-0.25, -0.2) is 0 Å². The maximum absolute atomic E-state index is 2.66. The van der Waals surface area contributed by atoms with Crippen LogP contribution in [0.2, 0.25) is 0 Å². The second-order valence-electron chi connectivity index (χ2n) is 12.7. The molecule has 1 aromatic carbocycles. The second kappa shape index (κ2) is 25.3. The molecule has 1 unspecified atom stereocenters. The largest absolute Gasteiger partial charge is 0.356 e. The van der Waals surface area contributed by atoms with Gasteiger partial charge in [0, 0.05) is 25.5 Å². The first-order valence-electron chi connectivity index (χ1n) is 18.1. The topological polar surface area (TPSA) is 6.48 Å². The highest BCUT2D eigenvalue weighted by Crippen LogP contribution is 2.25. The lowest BCUT2D eigenvalue weighted by Gasteiger charge is -2.33. The van der Waals surface area contributed by atoms with Crippen LogP contribution in [0.1, 0.15) is 180 Å². The van der Waals surface area contributed by atoms with Crippen molar-refractivity contribution in [1.82, 2.24) is 9.80 Å². The molecule has 0 saturated heterocycles. The minimum absolute atomic E-state index is 0.552. The number of unbranched alkanes of at least 4 members (excludes halogenated alkanes) is 22. The van der Waals surface area contributed by atoms with Crippen molar-refractivity contribution in [2.24, 2.45) is 0 Å². The van der Waals surface area contributed by atoms with Gasteiger partial charge in [0.05, 0.1) is 0 Å². The van der Waals surface area contributed by atoms with Gasteiger partial charge in [-0.3, -0.25) is 0 Å². The average molecular weight is 553 g/mol. The molecule has 0 aromatic heterocycles. The lowest BCUT2D eigenvalue weighted by molar-refractivity contribution is 0.132. The van der Waals surface area contributed by atoms with Crippen molar-refractivity contribution in [3.05, 3.63) is 48.3 Å². The van der Waals surface area contributed by atoms with Crippen LogP contribution < -0.4 is 0 Å². The Bertz CT molecular complexity index is 684. The van der Waals surface area contributed by atoms with Crippen LogP contribution >= 0.6 is 0 Å². The normalized spacial score (nSPS) is 15.0. The van der Waals surface area contributed by atoms with Crippen LogP contribution in [0.3, 0.4) is 0 Å². The molecule has 0 saturated carbocycles. The molecule has 2 rings (SSSR count). The van der Waals surface area contributed by atoms with Crippen molar-refractivity contribution in [3.8, 4) is 0 Å². The molecule has 1 heterocycles. The van der Waals surface area contributed by atoms with E-state index in [1.165, 1.54) is 173 Å². The Labute approximate surface area is 251 Å². The van der Waals surface area contributed by atoms with Crippen molar-refractivity contribution in [1.29, 1.82) is 0 Å². The summed E-state index contributed by atoms with van der Waals surface area (Å²) in [5, 5.41) is 0. The zero-order valence-electron chi connectivity index (χ0n) is 27.1. The van der Waals surface area contributed by atoms with E-state index in [2.05, 4.69) is 66.4 Å². The van der Waals surface area contributed by atoms with Gasteiger partial charge in [0.25, 0.3) is 0 Å². The zero-order valence-corrected chi connectivity index (χ0v) is 27.1. The lowest BCUT2D eigenvalue weighted by Crippen LogP contribution is -2.38. The molecule has 0 N–H and O–H groups in total. The Kier molecular flexibility index (Phi) is 22.0. The van der Waals surface area contributed by atoms with Crippen molar-refractivity contribution in [2.45, 2.75) is 187 Å². The summed E-state index contributed by atoms with van der Waals surface area (Å²) >= 11 is 0. The highest BCUT2D eigenvalue weighted by molar-refractivity contribution is 5.16. The average Bonchev–Trinajstić information content (AvgIpc) is 3.35. The molecular formula is C38H68N2. The first kappa shape index (κ1) is 34.8. The monoisotopic (exact) mass is 553 g/mol. The van der Waals surface area contributed by atoms with Gasteiger partial charge in [-0.2, -0.15) is 0 Å². The van der Waals surface area contributed by atoms with Gasteiger partial charge >= 0.3 is 0 Å². The standard InChI is InChI=1S/C38H68N2/c1-3-5-7-9-11-13-15-17-19-21-23-28-32-38-39(34-35-40(38)36-37-30-26-25-27-31-37)33-29-24-22-20-18-16-14-12-10-8-6-4-2/h25-27,30-31,34-35,38H,3-24,28-29,32-33,36H2,1-2H3. The summed E-state index contributed by atoms with van der Waals surface area (Å²) in [4.78, 5) is 5.27. The molecule has 1 aromatic rings. The van der Waals surface area contributed by atoms with Crippen LogP contribution in [0.5, 0.6) is 0 Å². The molecule has 1 aliphatic rings. The SMILES string of the molecule is CCCCCCCCCCCCCCC1N(CCCCCCCCCCCCCC)C=CN1Cc1ccccc1. The van der Waals surface area contributed by atoms with Crippen molar-refractivity contribution >= 4 is 0 Å². The summed E-state index contributed by atoms with van der Waals surface area (Å²) in [5.41, 5.74) is 1.43. The van der Waals surface area contributed by atoms with Gasteiger partial charge in [-0.05, 0) is 24.8 Å². The molecule has 0 radical (unpaired) electrons. The fourth-order valence-corrected chi connectivity index (χ4v) is 6.37. The fraction of sp³-hybridized carbons (Fsp3) is 0.789. The molecule has 0 aliphatic carbocycles. The van der Waals surface area contributed by atoms with Gasteiger partial charge in [0.2, 0.25) is 0 Å². The smallest absolute Gasteiger partial charge is 0.101 e. The molecule has 2 nitrogen and oxygen atoms in total. The van der Waals surface area contributed by atoms with E-state index in [9.17, 15) is 0 Å². The summed E-state index contributed by atoms with van der Waals surface area (Å²) in [5.74, 6) is 0. The van der Waals surface area contributed by atoms with E-state index in [1.54, 1.807) is 0 Å². The van der Waals surface area contributed by atoms with Crippen LogP contribution in [0.4, 0.5) is 0 Å². The van der Waals surface area contributed by atoms with Crippen LogP contribution in [-0.2, 0) is 6.54 Å². The molecule has 40 heavy (non-hydrogen) atoms. The fourth-order valence-electron chi connectivity index (χ4n) is 6.37. The summed E-state index contributed by atoms with van der Waals surface area (Å²) in [7, 11) is 0. The van der Waals surface area contributed by atoms with Crippen molar-refractivity contribution in [2.75, 3.05) is 6.54 Å². The summed E-state index contributed by atoms with van der Waals surface area (Å²) in [6, 6.07) is 11.1. The van der Waals surface area contributed by atoms with Gasteiger partial charge < -0.3 is 9.80 Å². The Balaban J connectivity index is 1.58. The predicted octanol–water partition coefficient (Wildman–Crippen LogP) is 12.4. The molecule has 1 aliphatic heterocycles. The van der Waals surface area contributed by atoms with E-state index < -0.39 is 0 Å². The van der Waals surface area contributed by atoms with Crippen molar-refractivity contribution < 1.29 is 0 Å². The molecule has 0 spiro atoms. The molecule has 0 bridgehead atoms.